The molecule has 0 unspecified atom stereocenters. The van der Waals surface area contributed by atoms with Crippen molar-refractivity contribution in [2.75, 3.05) is 5.32 Å². The van der Waals surface area contributed by atoms with Crippen LogP contribution in [-0.2, 0) is 12.0 Å². The first-order chi connectivity index (χ1) is 13.0. The van der Waals surface area contributed by atoms with E-state index in [1.54, 1.807) is 0 Å². The third-order valence-corrected chi connectivity index (χ3v) is 5.95. The molecule has 0 bridgehead atoms. The summed E-state index contributed by atoms with van der Waals surface area (Å²) in [6.45, 7) is 7.59. The van der Waals surface area contributed by atoms with Gasteiger partial charge in [-0.1, -0.05) is 76.4 Å². The van der Waals surface area contributed by atoms with Crippen LogP contribution in [-0.4, -0.2) is 11.4 Å². The maximum atomic E-state index is 5.04. The standard InChI is InChI=1S/C24H31N3/c1-23(2,3)19-13-11-18(12-14-19)17-25-22-24(15-7-4-8-16-24)27-21-10-6-5-9-20(21)26-22/h5-6,9-14,27H,4,7-8,15-17H2,1-3H3,(H,25,26). The van der Waals surface area contributed by atoms with Crippen molar-refractivity contribution in [3.05, 3.63) is 59.7 Å². The highest BCUT2D eigenvalue weighted by molar-refractivity contribution is 6.00. The molecule has 3 heteroatoms. The van der Waals surface area contributed by atoms with Crippen LogP contribution in [0.4, 0.5) is 11.4 Å². The third-order valence-electron chi connectivity index (χ3n) is 5.95. The minimum atomic E-state index is -0.0298. The van der Waals surface area contributed by atoms with E-state index in [-0.39, 0.29) is 11.0 Å². The molecule has 3 nitrogen and oxygen atoms in total. The highest BCUT2D eigenvalue weighted by Crippen LogP contribution is 2.40. The maximum Gasteiger partial charge on any atom is 0.128 e. The maximum absolute atomic E-state index is 5.04. The summed E-state index contributed by atoms with van der Waals surface area (Å²) in [5.41, 5.74) is 5.05. The van der Waals surface area contributed by atoms with Gasteiger partial charge in [-0.15, -0.1) is 0 Å². The molecule has 0 saturated heterocycles. The SMILES string of the molecule is CC(C)(C)c1ccc(CNC2=Nc3ccccc3NC23CCCCC3)cc1. The Bertz CT molecular complexity index is 821. The van der Waals surface area contributed by atoms with Crippen molar-refractivity contribution in [1.29, 1.82) is 0 Å². The van der Waals surface area contributed by atoms with E-state index in [0.29, 0.717) is 0 Å². The molecule has 1 heterocycles. The van der Waals surface area contributed by atoms with Gasteiger partial charge in [-0.25, -0.2) is 4.99 Å². The van der Waals surface area contributed by atoms with E-state index in [4.69, 9.17) is 4.99 Å². The summed E-state index contributed by atoms with van der Waals surface area (Å²) < 4.78 is 0. The molecule has 2 N–H and O–H groups in total. The van der Waals surface area contributed by atoms with E-state index in [9.17, 15) is 0 Å². The van der Waals surface area contributed by atoms with Crippen LogP contribution in [0.25, 0.3) is 0 Å². The monoisotopic (exact) mass is 361 g/mol. The molecule has 2 aliphatic rings. The molecule has 27 heavy (non-hydrogen) atoms. The van der Waals surface area contributed by atoms with Crippen molar-refractivity contribution in [2.45, 2.75) is 70.4 Å². The summed E-state index contributed by atoms with van der Waals surface area (Å²) in [5.74, 6) is 1.11. The summed E-state index contributed by atoms with van der Waals surface area (Å²) in [4.78, 5) is 5.04. The molecule has 1 spiro atoms. The Balaban J connectivity index is 1.56. The lowest BCUT2D eigenvalue weighted by Crippen LogP contribution is -2.54. The van der Waals surface area contributed by atoms with Gasteiger partial charge >= 0.3 is 0 Å². The molecule has 1 aliphatic heterocycles. The second kappa shape index (κ2) is 7.03. The van der Waals surface area contributed by atoms with Crippen molar-refractivity contribution in [3.63, 3.8) is 0 Å². The summed E-state index contributed by atoms with van der Waals surface area (Å²) >= 11 is 0. The van der Waals surface area contributed by atoms with Gasteiger partial charge in [-0.05, 0) is 41.5 Å². The van der Waals surface area contributed by atoms with E-state index < -0.39 is 0 Å². The average molecular weight is 362 g/mol. The lowest BCUT2D eigenvalue weighted by molar-refractivity contribution is 0.396. The number of rotatable bonds is 2. The number of amidine groups is 1. The van der Waals surface area contributed by atoms with E-state index >= 15 is 0 Å². The largest absolute Gasteiger partial charge is 0.371 e. The zero-order valence-corrected chi connectivity index (χ0v) is 16.8. The molecule has 1 saturated carbocycles. The fraction of sp³-hybridized carbons (Fsp3) is 0.458. The topological polar surface area (TPSA) is 36.4 Å². The summed E-state index contributed by atoms with van der Waals surface area (Å²) in [5, 5.41) is 7.52. The molecule has 1 aliphatic carbocycles. The first-order valence-corrected chi connectivity index (χ1v) is 10.3. The average Bonchev–Trinajstić information content (AvgIpc) is 2.66. The highest BCUT2D eigenvalue weighted by atomic mass is 15.2. The number of para-hydroxylation sites is 2. The number of nitrogens with one attached hydrogen (secondary N) is 2. The molecule has 0 amide bonds. The van der Waals surface area contributed by atoms with E-state index in [0.717, 1.165) is 30.9 Å². The van der Waals surface area contributed by atoms with Gasteiger partial charge in [0.15, 0.2) is 0 Å². The van der Waals surface area contributed by atoms with E-state index in [1.165, 1.54) is 36.1 Å². The summed E-state index contributed by atoms with van der Waals surface area (Å²) in [6.07, 6.45) is 6.14. The molecular formula is C24H31N3. The van der Waals surface area contributed by atoms with Crippen molar-refractivity contribution < 1.29 is 0 Å². The van der Waals surface area contributed by atoms with Crippen LogP contribution < -0.4 is 10.6 Å². The fourth-order valence-electron chi connectivity index (χ4n) is 4.26. The van der Waals surface area contributed by atoms with Crippen molar-refractivity contribution in [2.24, 2.45) is 4.99 Å². The van der Waals surface area contributed by atoms with Crippen LogP contribution >= 0.6 is 0 Å². The Kier molecular flexibility index (Phi) is 4.71. The first kappa shape index (κ1) is 18.1. The number of fused-ring (bicyclic) bond motifs is 1. The lowest BCUT2D eigenvalue weighted by Gasteiger charge is -2.42. The number of benzene rings is 2. The molecule has 4 rings (SSSR count). The quantitative estimate of drug-likeness (QED) is 0.695. The second-order valence-corrected chi connectivity index (χ2v) is 9.05. The van der Waals surface area contributed by atoms with Crippen LogP contribution in [0.5, 0.6) is 0 Å². The van der Waals surface area contributed by atoms with Crippen LogP contribution in [0.2, 0.25) is 0 Å². The van der Waals surface area contributed by atoms with E-state index in [2.05, 4.69) is 79.9 Å². The van der Waals surface area contributed by atoms with Gasteiger partial charge in [0.1, 0.15) is 5.84 Å². The number of hydrogen-bond donors (Lipinski definition) is 2. The van der Waals surface area contributed by atoms with Gasteiger partial charge in [0, 0.05) is 6.54 Å². The first-order valence-electron chi connectivity index (χ1n) is 10.3. The highest BCUT2D eigenvalue weighted by Gasteiger charge is 2.40. The van der Waals surface area contributed by atoms with E-state index in [1.807, 2.05) is 0 Å². The Morgan fingerprint density at radius 2 is 1.67 bits per heavy atom. The van der Waals surface area contributed by atoms with Crippen LogP contribution in [0.3, 0.4) is 0 Å². The van der Waals surface area contributed by atoms with Gasteiger partial charge < -0.3 is 10.6 Å². The van der Waals surface area contributed by atoms with Gasteiger partial charge in [0.2, 0.25) is 0 Å². The zero-order valence-electron chi connectivity index (χ0n) is 16.8. The molecule has 2 aromatic carbocycles. The Morgan fingerprint density at radius 3 is 2.37 bits per heavy atom. The summed E-state index contributed by atoms with van der Waals surface area (Å²) in [7, 11) is 0. The zero-order chi connectivity index (χ0) is 18.9. The molecule has 142 valence electrons. The lowest BCUT2D eigenvalue weighted by atomic mass is 9.79. The Labute approximate surface area is 163 Å². The smallest absolute Gasteiger partial charge is 0.128 e. The minimum Gasteiger partial charge on any atom is -0.371 e. The van der Waals surface area contributed by atoms with Crippen LogP contribution in [0.15, 0.2) is 53.5 Å². The van der Waals surface area contributed by atoms with Gasteiger partial charge in [-0.2, -0.15) is 0 Å². The molecule has 2 aromatic rings. The van der Waals surface area contributed by atoms with Gasteiger partial charge in [0.05, 0.1) is 16.9 Å². The van der Waals surface area contributed by atoms with Gasteiger partial charge in [-0.3, -0.25) is 0 Å². The Hall–Kier alpha value is -2.29. The number of nitrogens with zero attached hydrogens (tertiary/aromatic N) is 1. The minimum absolute atomic E-state index is 0.0298. The van der Waals surface area contributed by atoms with Gasteiger partial charge in [0.25, 0.3) is 0 Å². The summed E-state index contributed by atoms with van der Waals surface area (Å²) in [6, 6.07) is 17.4. The third kappa shape index (κ3) is 3.73. The second-order valence-electron chi connectivity index (χ2n) is 9.05. The molecule has 1 fully saturated rings. The number of anilines is 1. The number of aliphatic imine (C=N–C) groups is 1. The molecule has 0 aromatic heterocycles. The predicted octanol–water partition coefficient (Wildman–Crippen LogP) is 5.93. The van der Waals surface area contributed by atoms with Crippen molar-refractivity contribution in [1.82, 2.24) is 5.32 Å². The normalized spacial score (nSPS) is 18.4. The van der Waals surface area contributed by atoms with Crippen LogP contribution in [0.1, 0.15) is 64.0 Å². The predicted molar refractivity (Wildman–Crippen MR) is 115 cm³/mol. The molecule has 0 atom stereocenters. The van der Waals surface area contributed by atoms with Crippen LogP contribution in [0, 0.1) is 0 Å². The van der Waals surface area contributed by atoms with Crippen molar-refractivity contribution >= 4 is 17.2 Å². The molecular weight excluding hydrogens is 330 g/mol. The number of hydrogen-bond acceptors (Lipinski definition) is 3. The van der Waals surface area contributed by atoms with Crippen molar-refractivity contribution in [3.8, 4) is 0 Å². The fourth-order valence-corrected chi connectivity index (χ4v) is 4.26. The molecule has 0 radical (unpaired) electrons. The Morgan fingerprint density at radius 1 is 0.963 bits per heavy atom.